The van der Waals surface area contributed by atoms with Crippen molar-refractivity contribution in [2.75, 3.05) is 11.1 Å². The van der Waals surface area contributed by atoms with Crippen molar-refractivity contribution < 1.29 is 9.90 Å². The molecule has 0 atom stereocenters. The molecule has 1 aliphatic rings. The van der Waals surface area contributed by atoms with Gasteiger partial charge >= 0.3 is 0 Å². The first-order valence-electron chi connectivity index (χ1n) is 10.9. The number of aromatic hydroxyl groups is 1. The van der Waals surface area contributed by atoms with Crippen LogP contribution in [-0.4, -0.2) is 32.5 Å². The molecule has 3 aromatic carbocycles. The van der Waals surface area contributed by atoms with Crippen LogP contribution in [0.1, 0.15) is 16.8 Å². The van der Waals surface area contributed by atoms with E-state index in [-0.39, 0.29) is 17.5 Å². The second kappa shape index (κ2) is 9.82. The van der Waals surface area contributed by atoms with Gasteiger partial charge in [0.1, 0.15) is 5.69 Å². The Morgan fingerprint density at radius 1 is 1.11 bits per heavy atom. The van der Waals surface area contributed by atoms with E-state index in [2.05, 4.69) is 15.3 Å². The number of carbonyl (C=O) groups is 1. The Morgan fingerprint density at radius 2 is 1.89 bits per heavy atom. The van der Waals surface area contributed by atoms with Gasteiger partial charge in [-0.3, -0.25) is 14.4 Å². The highest BCUT2D eigenvalue weighted by Gasteiger charge is 2.20. The quantitative estimate of drug-likeness (QED) is 0.295. The summed E-state index contributed by atoms with van der Waals surface area (Å²) in [6, 6.07) is 22.6. The maximum Gasteiger partial charge on any atom is 0.234 e. The number of benzene rings is 3. The highest BCUT2D eigenvalue weighted by molar-refractivity contribution is 7.99. The molecule has 0 fully saturated rings. The van der Waals surface area contributed by atoms with E-state index < -0.39 is 0 Å². The first kappa shape index (κ1) is 23.0. The first-order chi connectivity index (χ1) is 17.0. The van der Waals surface area contributed by atoms with Gasteiger partial charge in [-0.1, -0.05) is 65.8 Å². The Labute approximate surface area is 212 Å². The fourth-order valence-electron chi connectivity index (χ4n) is 3.76. The van der Waals surface area contributed by atoms with Gasteiger partial charge < -0.3 is 10.4 Å². The molecule has 1 aromatic heterocycles. The number of halogens is 1. The summed E-state index contributed by atoms with van der Waals surface area (Å²) in [7, 11) is 0. The van der Waals surface area contributed by atoms with Crippen LogP contribution in [0.4, 0.5) is 11.4 Å². The molecule has 0 bridgehead atoms. The summed E-state index contributed by atoms with van der Waals surface area (Å²) in [5.41, 5.74) is 5.46. The van der Waals surface area contributed by atoms with Crippen LogP contribution >= 0.6 is 23.4 Å². The highest BCUT2D eigenvalue weighted by Crippen LogP contribution is 2.36. The standard InChI is InChI=1S/C27H21ClN4O2S/c1-17-11-12-19(28)14-23(17)30-25(33)16-35-27-31-24(26(34)32(27)20-7-3-2-4-8-20)13-18-15-29-22-10-6-5-9-21(18)22/h2-15,34H,16H2,1H3,(H,30,33)/b18-13-. The number of imidazole rings is 1. The number of para-hydroxylation sites is 2. The van der Waals surface area contributed by atoms with Crippen molar-refractivity contribution in [1.29, 1.82) is 0 Å². The predicted octanol–water partition coefficient (Wildman–Crippen LogP) is 6.53. The lowest BCUT2D eigenvalue weighted by Crippen LogP contribution is -2.15. The Morgan fingerprint density at radius 3 is 2.71 bits per heavy atom. The van der Waals surface area contributed by atoms with Gasteiger partial charge in [-0.05, 0) is 48.9 Å². The number of hydrogen-bond acceptors (Lipinski definition) is 5. The number of rotatable bonds is 6. The van der Waals surface area contributed by atoms with Crippen LogP contribution in [0.3, 0.4) is 0 Å². The molecule has 8 heteroatoms. The number of hydrogen-bond donors (Lipinski definition) is 2. The van der Waals surface area contributed by atoms with Crippen molar-refractivity contribution in [1.82, 2.24) is 9.55 Å². The smallest absolute Gasteiger partial charge is 0.234 e. The Balaban J connectivity index is 1.44. The molecule has 4 aromatic rings. The maximum absolute atomic E-state index is 12.7. The number of aliphatic imine (C=N–C) groups is 1. The van der Waals surface area contributed by atoms with Crippen molar-refractivity contribution in [3.8, 4) is 11.6 Å². The highest BCUT2D eigenvalue weighted by atomic mass is 35.5. The second-order valence-electron chi connectivity index (χ2n) is 7.95. The fraction of sp³-hybridized carbons (Fsp3) is 0.0741. The van der Waals surface area contributed by atoms with Gasteiger partial charge in [-0.25, -0.2) is 4.98 Å². The van der Waals surface area contributed by atoms with E-state index in [9.17, 15) is 9.90 Å². The van der Waals surface area contributed by atoms with E-state index in [0.29, 0.717) is 21.6 Å². The lowest BCUT2D eigenvalue weighted by Gasteiger charge is -2.10. The predicted molar refractivity (Wildman–Crippen MR) is 143 cm³/mol. The molecule has 174 valence electrons. The molecule has 2 N–H and O–H groups in total. The maximum atomic E-state index is 12.7. The molecule has 0 saturated heterocycles. The van der Waals surface area contributed by atoms with Crippen molar-refractivity contribution >= 4 is 58.5 Å². The minimum absolute atomic E-state index is 0.00456. The van der Waals surface area contributed by atoms with Gasteiger partial charge in [-0.15, -0.1) is 0 Å². The topological polar surface area (TPSA) is 79.5 Å². The Hall–Kier alpha value is -3.81. The summed E-state index contributed by atoms with van der Waals surface area (Å²) in [5.74, 6) is -0.0930. The molecule has 0 saturated carbocycles. The monoisotopic (exact) mass is 500 g/mol. The number of carbonyl (C=O) groups excluding carboxylic acids is 1. The fourth-order valence-corrected chi connectivity index (χ4v) is 4.75. The first-order valence-corrected chi connectivity index (χ1v) is 12.3. The second-order valence-corrected chi connectivity index (χ2v) is 9.32. The van der Waals surface area contributed by atoms with Gasteiger partial charge in [0.05, 0.1) is 17.1 Å². The van der Waals surface area contributed by atoms with E-state index in [1.807, 2.05) is 73.7 Å². The third kappa shape index (κ3) is 4.87. The largest absolute Gasteiger partial charge is 0.493 e. The van der Waals surface area contributed by atoms with Crippen LogP contribution < -0.4 is 5.32 Å². The number of aryl methyl sites for hydroxylation is 1. The normalized spacial score (nSPS) is 13.3. The summed E-state index contributed by atoms with van der Waals surface area (Å²) >= 11 is 7.31. The number of amides is 1. The third-order valence-electron chi connectivity index (χ3n) is 5.52. The van der Waals surface area contributed by atoms with E-state index in [1.165, 1.54) is 11.8 Å². The van der Waals surface area contributed by atoms with E-state index in [4.69, 9.17) is 11.6 Å². The molecular formula is C27H21ClN4O2S. The summed E-state index contributed by atoms with van der Waals surface area (Å²) in [6.45, 7) is 1.91. The van der Waals surface area contributed by atoms with Crippen LogP contribution in [0.15, 0.2) is 82.9 Å². The van der Waals surface area contributed by atoms with Crippen molar-refractivity contribution in [2.24, 2.45) is 4.99 Å². The van der Waals surface area contributed by atoms with Gasteiger partial charge in [0, 0.05) is 28.1 Å². The molecule has 0 unspecified atom stereocenters. The van der Waals surface area contributed by atoms with Gasteiger partial charge in [-0.2, -0.15) is 0 Å². The molecule has 0 spiro atoms. The average Bonchev–Trinajstić information content (AvgIpc) is 3.41. The number of nitrogens with one attached hydrogen (secondary N) is 1. The van der Waals surface area contributed by atoms with Crippen molar-refractivity contribution in [3.05, 3.63) is 94.6 Å². The molecular weight excluding hydrogens is 480 g/mol. The summed E-state index contributed by atoms with van der Waals surface area (Å²) in [6.07, 6.45) is 3.57. The third-order valence-corrected chi connectivity index (χ3v) is 6.69. The zero-order valence-electron chi connectivity index (χ0n) is 18.8. The molecule has 1 amide bonds. The Kier molecular flexibility index (Phi) is 6.44. The molecule has 2 heterocycles. The summed E-state index contributed by atoms with van der Waals surface area (Å²) in [5, 5.41) is 15.1. The molecule has 1 aliphatic heterocycles. The summed E-state index contributed by atoms with van der Waals surface area (Å²) in [4.78, 5) is 21.8. The zero-order valence-corrected chi connectivity index (χ0v) is 20.3. The van der Waals surface area contributed by atoms with E-state index in [0.717, 1.165) is 28.1 Å². The van der Waals surface area contributed by atoms with Crippen LogP contribution in [0.2, 0.25) is 5.02 Å². The van der Waals surface area contributed by atoms with Crippen LogP contribution in [-0.2, 0) is 4.79 Å². The van der Waals surface area contributed by atoms with Crippen molar-refractivity contribution in [3.63, 3.8) is 0 Å². The van der Waals surface area contributed by atoms with Crippen molar-refractivity contribution in [2.45, 2.75) is 12.1 Å². The zero-order chi connectivity index (χ0) is 24.4. The lowest BCUT2D eigenvalue weighted by molar-refractivity contribution is -0.113. The number of aromatic nitrogens is 2. The lowest BCUT2D eigenvalue weighted by atomic mass is 10.1. The number of anilines is 1. The number of thioether (sulfide) groups is 1. The van der Waals surface area contributed by atoms with E-state index >= 15 is 0 Å². The molecule has 5 rings (SSSR count). The average molecular weight is 501 g/mol. The number of fused-ring (bicyclic) bond motifs is 1. The van der Waals surface area contributed by atoms with E-state index in [1.54, 1.807) is 22.9 Å². The molecule has 6 nitrogen and oxygen atoms in total. The molecule has 35 heavy (non-hydrogen) atoms. The van der Waals surface area contributed by atoms with Crippen LogP contribution in [0.5, 0.6) is 5.88 Å². The van der Waals surface area contributed by atoms with Gasteiger partial charge in [0.15, 0.2) is 5.16 Å². The Bertz CT molecular complexity index is 1480. The number of allylic oxidation sites excluding steroid dienone is 1. The van der Waals surface area contributed by atoms with Gasteiger partial charge in [0.25, 0.3) is 0 Å². The number of nitrogens with zero attached hydrogens (tertiary/aromatic N) is 3. The van der Waals surface area contributed by atoms with Crippen LogP contribution in [0, 0.1) is 6.92 Å². The van der Waals surface area contributed by atoms with Crippen LogP contribution in [0.25, 0.3) is 17.3 Å². The van der Waals surface area contributed by atoms with Gasteiger partial charge in [0.2, 0.25) is 11.8 Å². The minimum Gasteiger partial charge on any atom is -0.493 e. The molecule has 0 radical (unpaired) electrons. The molecule has 0 aliphatic carbocycles. The SMILES string of the molecule is Cc1ccc(Cl)cc1NC(=O)CSc1nc(/C=C2/C=Nc3ccccc32)c(O)n1-c1ccccc1. The minimum atomic E-state index is -0.195. The summed E-state index contributed by atoms with van der Waals surface area (Å²) < 4.78 is 1.65.